The van der Waals surface area contributed by atoms with E-state index in [9.17, 15) is 0 Å². The van der Waals surface area contributed by atoms with Crippen LogP contribution in [0.4, 0.5) is 0 Å². The molecule has 0 aliphatic heterocycles. The van der Waals surface area contributed by atoms with Gasteiger partial charge < -0.3 is 10.5 Å². The van der Waals surface area contributed by atoms with E-state index < -0.39 is 0 Å². The maximum Gasteiger partial charge on any atom is 0.119 e. The minimum Gasteiger partial charge on any atom is -0.497 e. The number of hydrogen-bond acceptors (Lipinski definition) is 4. The van der Waals surface area contributed by atoms with Crippen LogP contribution in [0.3, 0.4) is 0 Å². The minimum atomic E-state index is -0.190. The first-order valence-electron chi connectivity index (χ1n) is 6.80. The summed E-state index contributed by atoms with van der Waals surface area (Å²) in [6, 6.07) is 7.80. The summed E-state index contributed by atoms with van der Waals surface area (Å²) in [6.07, 6.45) is 0.825. The van der Waals surface area contributed by atoms with E-state index in [0.717, 1.165) is 40.2 Å². The minimum absolute atomic E-state index is 0.190. The monoisotopic (exact) mass is 271 g/mol. The third kappa shape index (κ3) is 2.80. The Balaban J connectivity index is 2.45. The molecule has 0 radical (unpaired) electrons. The van der Waals surface area contributed by atoms with Crippen LogP contribution in [0.2, 0.25) is 0 Å². The zero-order chi connectivity index (χ0) is 14.7. The molecule has 0 bridgehead atoms. The zero-order valence-electron chi connectivity index (χ0n) is 12.5. The van der Waals surface area contributed by atoms with Crippen LogP contribution in [0.25, 0.3) is 0 Å². The summed E-state index contributed by atoms with van der Waals surface area (Å²) in [7, 11) is 1.67. The zero-order valence-corrected chi connectivity index (χ0v) is 12.5. The van der Waals surface area contributed by atoms with E-state index in [4.69, 9.17) is 10.5 Å². The van der Waals surface area contributed by atoms with Crippen molar-refractivity contribution >= 4 is 0 Å². The van der Waals surface area contributed by atoms with E-state index in [-0.39, 0.29) is 6.04 Å². The van der Waals surface area contributed by atoms with Crippen molar-refractivity contribution in [2.45, 2.75) is 33.2 Å². The van der Waals surface area contributed by atoms with Gasteiger partial charge in [-0.25, -0.2) is 0 Å². The average molecular weight is 271 g/mol. The Bertz CT molecular complexity index is 611. The van der Waals surface area contributed by atoms with Crippen LogP contribution in [-0.2, 0) is 6.42 Å². The van der Waals surface area contributed by atoms with Gasteiger partial charge in [-0.15, -0.1) is 0 Å². The number of aryl methyl sites for hydroxylation is 3. The first kappa shape index (κ1) is 14.5. The van der Waals surface area contributed by atoms with Crippen molar-refractivity contribution < 1.29 is 4.74 Å². The molecule has 106 valence electrons. The second-order valence-corrected chi connectivity index (χ2v) is 4.94. The van der Waals surface area contributed by atoms with Gasteiger partial charge in [0, 0.05) is 0 Å². The number of rotatable bonds is 4. The van der Waals surface area contributed by atoms with Crippen LogP contribution in [-0.4, -0.2) is 17.3 Å². The first-order chi connectivity index (χ1) is 9.56. The van der Waals surface area contributed by atoms with Crippen LogP contribution in [0.5, 0.6) is 5.75 Å². The van der Waals surface area contributed by atoms with Gasteiger partial charge in [0.15, 0.2) is 0 Å². The highest BCUT2D eigenvalue weighted by atomic mass is 16.5. The molecule has 1 aromatic carbocycles. The summed E-state index contributed by atoms with van der Waals surface area (Å²) in [6.45, 7) is 6.05. The standard InChI is InChI=1S/C16H21N3O/c1-5-15-14(9-11(3)18-19-15)16(17)13-7-6-12(20-4)8-10(13)2/h6-9,16H,5,17H2,1-4H3. The van der Waals surface area contributed by atoms with E-state index >= 15 is 0 Å². The third-order valence-electron chi connectivity index (χ3n) is 3.51. The second kappa shape index (κ2) is 6.01. The summed E-state index contributed by atoms with van der Waals surface area (Å²) in [5, 5.41) is 8.36. The van der Waals surface area contributed by atoms with Crippen LogP contribution < -0.4 is 10.5 Å². The Morgan fingerprint density at radius 3 is 2.50 bits per heavy atom. The van der Waals surface area contributed by atoms with Gasteiger partial charge in [0.1, 0.15) is 5.75 Å². The Kier molecular flexibility index (Phi) is 4.35. The van der Waals surface area contributed by atoms with Gasteiger partial charge in [-0.1, -0.05) is 13.0 Å². The van der Waals surface area contributed by atoms with Crippen LogP contribution in [0.15, 0.2) is 24.3 Å². The van der Waals surface area contributed by atoms with Crippen molar-refractivity contribution in [2.75, 3.05) is 7.11 Å². The molecule has 0 spiro atoms. The smallest absolute Gasteiger partial charge is 0.119 e. The topological polar surface area (TPSA) is 61.0 Å². The first-order valence-corrected chi connectivity index (χ1v) is 6.80. The van der Waals surface area contributed by atoms with E-state index in [2.05, 4.69) is 17.1 Å². The predicted molar refractivity (Wildman–Crippen MR) is 79.9 cm³/mol. The molecule has 0 saturated carbocycles. The molecule has 20 heavy (non-hydrogen) atoms. The lowest BCUT2D eigenvalue weighted by atomic mass is 9.94. The number of benzene rings is 1. The maximum atomic E-state index is 6.45. The van der Waals surface area contributed by atoms with Gasteiger partial charge in [-0.05, 0) is 55.2 Å². The summed E-state index contributed by atoms with van der Waals surface area (Å²) < 4.78 is 5.24. The normalized spacial score (nSPS) is 12.2. The average Bonchev–Trinajstić information content (AvgIpc) is 2.46. The van der Waals surface area contributed by atoms with Crippen LogP contribution in [0, 0.1) is 13.8 Å². The Morgan fingerprint density at radius 1 is 1.15 bits per heavy atom. The van der Waals surface area contributed by atoms with Crippen molar-refractivity contribution in [2.24, 2.45) is 5.73 Å². The highest BCUT2D eigenvalue weighted by Crippen LogP contribution is 2.27. The fraction of sp³-hybridized carbons (Fsp3) is 0.375. The fourth-order valence-electron chi connectivity index (χ4n) is 2.37. The molecule has 1 aromatic heterocycles. The number of hydrogen-bond donors (Lipinski definition) is 1. The Morgan fingerprint density at radius 2 is 1.90 bits per heavy atom. The lowest BCUT2D eigenvalue weighted by molar-refractivity contribution is 0.414. The summed E-state index contributed by atoms with van der Waals surface area (Å²) in [5.74, 6) is 0.846. The molecule has 4 nitrogen and oxygen atoms in total. The van der Waals surface area contributed by atoms with Crippen molar-refractivity contribution in [1.29, 1.82) is 0 Å². The molecule has 2 N–H and O–H groups in total. The molecule has 2 aromatic rings. The van der Waals surface area contributed by atoms with Crippen molar-refractivity contribution in [1.82, 2.24) is 10.2 Å². The third-order valence-corrected chi connectivity index (χ3v) is 3.51. The molecule has 1 unspecified atom stereocenters. The molecule has 1 atom stereocenters. The lowest BCUT2D eigenvalue weighted by Crippen LogP contribution is -2.17. The quantitative estimate of drug-likeness (QED) is 0.928. The number of ether oxygens (including phenoxy) is 1. The lowest BCUT2D eigenvalue weighted by Gasteiger charge is -2.18. The van der Waals surface area contributed by atoms with Gasteiger partial charge >= 0.3 is 0 Å². The molecular formula is C16H21N3O. The predicted octanol–water partition coefficient (Wildman–Crippen LogP) is 2.71. The highest BCUT2D eigenvalue weighted by Gasteiger charge is 2.16. The van der Waals surface area contributed by atoms with Crippen LogP contribution in [0.1, 0.15) is 41.0 Å². The van der Waals surface area contributed by atoms with Gasteiger partial charge in [-0.3, -0.25) is 0 Å². The van der Waals surface area contributed by atoms with Crippen molar-refractivity contribution in [3.63, 3.8) is 0 Å². The number of aromatic nitrogens is 2. The number of methoxy groups -OCH3 is 1. The van der Waals surface area contributed by atoms with Gasteiger partial charge in [-0.2, -0.15) is 10.2 Å². The fourth-order valence-corrected chi connectivity index (χ4v) is 2.37. The van der Waals surface area contributed by atoms with Gasteiger partial charge in [0.25, 0.3) is 0 Å². The van der Waals surface area contributed by atoms with E-state index in [1.54, 1.807) is 7.11 Å². The van der Waals surface area contributed by atoms with Gasteiger partial charge in [0.2, 0.25) is 0 Å². The van der Waals surface area contributed by atoms with Crippen LogP contribution >= 0.6 is 0 Å². The maximum absolute atomic E-state index is 6.45. The summed E-state index contributed by atoms with van der Waals surface area (Å²) in [4.78, 5) is 0. The molecule has 0 amide bonds. The Labute approximate surface area is 120 Å². The van der Waals surface area contributed by atoms with E-state index in [1.807, 2.05) is 38.1 Å². The second-order valence-electron chi connectivity index (χ2n) is 4.94. The summed E-state index contributed by atoms with van der Waals surface area (Å²) in [5.41, 5.74) is 11.5. The molecule has 0 aliphatic carbocycles. The molecule has 0 aliphatic rings. The Hall–Kier alpha value is -1.94. The molecule has 1 heterocycles. The number of nitrogens with two attached hydrogens (primary N) is 1. The molecular weight excluding hydrogens is 250 g/mol. The largest absolute Gasteiger partial charge is 0.497 e. The molecule has 0 saturated heterocycles. The van der Waals surface area contributed by atoms with Crippen molar-refractivity contribution in [3.8, 4) is 5.75 Å². The molecule has 0 fully saturated rings. The SMILES string of the molecule is CCc1nnc(C)cc1C(N)c1ccc(OC)cc1C. The van der Waals surface area contributed by atoms with Crippen molar-refractivity contribution in [3.05, 3.63) is 52.3 Å². The van der Waals surface area contributed by atoms with E-state index in [0.29, 0.717) is 0 Å². The molecule has 2 rings (SSSR count). The van der Waals surface area contributed by atoms with E-state index in [1.165, 1.54) is 0 Å². The summed E-state index contributed by atoms with van der Waals surface area (Å²) >= 11 is 0. The number of nitrogens with zero attached hydrogens (tertiary/aromatic N) is 2. The highest BCUT2D eigenvalue weighted by molar-refractivity contribution is 5.42. The molecule has 4 heteroatoms. The van der Waals surface area contributed by atoms with Gasteiger partial charge in [0.05, 0.1) is 24.5 Å².